The number of pyridine rings is 1. The van der Waals surface area contributed by atoms with Crippen molar-refractivity contribution < 1.29 is 9.84 Å². The van der Waals surface area contributed by atoms with E-state index in [9.17, 15) is 10.4 Å². The van der Waals surface area contributed by atoms with Crippen LogP contribution in [0.1, 0.15) is 12.5 Å². The van der Waals surface area contributed by atoms with Gasteiger partial charge in [0.25, 0.3) is 0 Å². The van der Waals surface area contributed by atoms with Gasteiger partial charge in [0.2, 0.25) is 0 Å². The first-order valence-corrected chi connectivity index (χ1v) is 7.02. The molecule has 1 fully saturated rings. The topological polar surface area (TPSA) is 69.4 Å². The molecular weight excluding hydrogens is 266 g/mol. The van der Waals surface area contributed by atoms with Gasteiger partial charge in [-0.25, -0.2) is 4.98 Å². The summed E-state index contributed by atoms with van der Waals surface area (Å²) in [5, 5.41) is 19.7. The molecule has 0 bridgehead atoms. The molecule has 21 heavy (non-hydrogen) atoms. The van der Waals surface area contributed by atoms with Crippen LogP contribution in [-0.2, 0) is 4.74 Å². The Kier molecular flexibility index (Phi) is 3.74. The zero-order valence-electron chi connectivity index (χ0n) is 11.9. The zero-order valence-corrected chi connectivity index (χ0v) is 11.9. The monoisotopic (exact) mass is 283 g/mol. The van der Waals surface area contributed by atoms with E-state index in [2.05, 4.69) is 16.0 Å². The molecule has 5 heteroatoms. The Hall–Kier alpha value is -2.16. The molecule has 5 nitrogen and oxygen atoms in total. The fraction of sp³-hybridized carbons (Fsp3) is 0.375. The molecule has 1 aromatic carbocycles. The third kappa shape index (κ3) is 2.56. The van der Waals surface area contributed by atoms with Crippen molar-refractivity contribution in [3.8, 4) is 6.07 Å². The minimum Gasteiger partial charge on any atom is -0.394 e. The van der Waals surface area contributed by atoms with Gasteiger partial charge in [-0.15, -0.1) is 0 Å². The number of nitrogens with zero attached hydrogens (tertiary/aromatic N) is 3. The first-order chi connectivity index (χ1) is 10.2. The smallest absolute Gasteiger partial charge is 0.147 e. The Morgan fingerprint density at radius 1 is 1.48 bits per heavy atom. The number of ether oxygens (including phenoxy) is 1. The van der Waals surface area contributed by atoms with Crippen molar-refractivity contribution in [2.24, 2.45) is 0 Å². The SMILES string of the molecule is CC1COC(CO)CN1c1nc2ccccc2cc1C#N. The number of aromatic nitrogens is 1. The van der Waals surface area contributed by atoms with E-state index in [0.29, 0.717) is 24.5 Å². The van der Waals surface area contributed by atoms with Crippen LogP contribution in [-0.4, -0.2) is 42.0 Å². The number of fused-ring (bicyclic) bond motifs is 1. The second kappa shape index (κ2) is 5.68. The summed E-state index contributed by atoms with van der Waals surface area (Å²) in [6.45, 7) is 3.06. The molecule has 1 aromatic heterocycles. The Balaban J connectivity index is 2.07. The number of nitriles is 1. The van der Waals surface area contributed by atoms with Gasteiger partial charge in [-0.2, -0.15) is 5.26 Å². The summed E-state index contributed by atoms with van der Waals surface area (Å²) in [4.78, 5) is 6.71. The average molecular weight is 283 g/mol. The van der Waals surface area contributed by atoms with E-state index < -0.39 is 0 Å². The summed E-state index contributed by atoms with van der Waals surface area (Å²) >= 11 is 0. The lowest BCUT2D eigenvalue weighted by atomic mass is 10.1. The molecule has 0 amide bonds. The molecule has 0 spiro atoms. The van der Waals surface area contributed by atoms with Crippen molar-refractivity contribution in [2.75, 3.05) is 24.7 Å². The minimum absolute atomic E-state index is 0.0291. The van der Waals surface area contributed by atoms with E-state index >= 15 is 0 Å². The van der Waals surface area contributed by atoms with Crippen LogP contribution in [0.25, 0.3) is 10.9 Å². The quantitative estimate of drug-likeness (QED) is 0.908. The Bertz CT molecular complexity index is 695. The molecule has 2 heterocycles. The number of morpholine rings is 1. The molecule has 1 N–H and O–H groups in total. The Morgan fingerprint density at radius 3 is 3.05 bits per heavy atom. The van der Waals surface area contributed by atoms with Crippen molar-refractivity contribution in [3.63, 3.8) is 0 Å². The number of anilines is 1. The van der Waals surface area contributed by atoms with E-state index in [0.717, 1.165) is 10.9 Å². The van der Waals surface area contributed by atoms with E-state index in [1.54, 1.807) is 0 Å². The highest BCUT2D eigenvalue weighted by Gasteiger charge is 2.28. The molecule has 2 atom stereocenters. The van der Waals surface area contributed by atoms with Gasteiger partial charge in [-0.1, -0.05) is 18.2 Å². The van der Waals surface area contributed by atoms with Gasteiger partial charge in [0.15, 0.2) is 0 Å². The molecule has 0 radical (unpaired) electrons. The molecule has 1 aliphatic rings. The summed E-state index contributed by atoms with van der Waals surface area (Å²) in [7, 11) is 0. The Morgan fingerprint density at radius 2 is 2.29 bits per heavy atom. The highest BCUT2D eigenvalue weighted by Crippen LogP contribution is 2.26. The van der Waals surface area contributed by atoms with Crippen LogP contribution >= 0.6 is 0 Å². The molecular formula is C16H17N3O2. The second-order valence-corrected chi connectivity index (χ2v) is 5.30. The van der Waals surface area contributed by atoms with Crippen molar-refractivity contribution in [1.82, 2.24) is 4.98 Å². The summed E-state index contributed by atoms with van der Waals surface area (Å²) < 4.78 is 5.55. The number of hydrogen-bond donors (Lipinski definition) is 1. The number of aliphatic hydroxyl groups excluding tert-OH is 1. The summed E-state index contributed by atoms with van der Waals surface area (Å²) in [5.74, 6) is 0.672. The van der Waals surface area contributed by atoms with Crippen LogP contribution in [0.3, 0.4) is 0 Å². The van der Waals surface area contributed by atoms with Gasteiger partial charge in [-0.05, 0) is 19.1 Å². The van der Waals surface area contributed by atoms with E-state index in [-0.39, 0.29) is 18.8 Å². The van der Waals surface area contributed by atoms with Gasteiger partial charge in [-0.3, -0.25) is 0 Å². The van der Waals surface area contributed by atoms with Crippen LogP contribution in [0.4, 0.5) is 5.82 Å². The van der Waals surface area contributed by atoms with E-state index in [4.69, 9.17) is 4.74 Å². The second-order valence-electron chi connectivity index (χ2n) is 5.30. The van der Waals surface area contributed by atoms with Crippen LogP contribution < -0.4 is 4.90 Å². The Labute approximate surface area is 123 Å². The standard InChI is InChI=1S/C16H17N3O2/c1-11-10-21-14(9-20)8-19(11)16-13(7-17)6-12-4-2-3-5-15(12)18-16/h2-6,11,14,20H,8-10H2,1H3. The van der Waals surface area contributed by atoms with Crippen LogP contribution in [0, 0.1) is 11.3 Å². The van der Waals surface area contributed by atoms with Gasteiger partial charge in [0, 0.05) is 11.9 Å². The highest BCUT2D eigenvalue weighted by atomic mass is 16.5. The maximum Gasteiger partial charge on any atom is 0.147 e. The molecule has 108 valence electrons. The van der Waals surface area contributed by atoms with Crippen LogP contribution in [0.5, 0.6) is 0 Å². The molecule has 0 aliphatic carbocycles. The van der Waals surface area contributed by atoms with Gasteiger partial charge >= 0.3 is 0 Å². The summed E-state index contributed by atoms with van der Waals surface area (Å²) in [6.07, 6.45) is -0.235. The zero-order chi connectivity index (χ0) is 14.8. The lowest BCUT2D eigenvalue weighted by Gasteiger charge is -2.38. The number of para-hydroxylation sites is 1. The van der Waals surface area contributed by atoms with Crippen molar-refractivity contribution in [2.45, 2.75) is 19.1 Å². The summed E-state index contributed by atoms with van der Waals surface area (Å²) in [6, 6.07) is 12.0. The number of aliphatic hydroxyl groups is 1. The van der Waals surface area contributed by atoms with Crippen molar-refractivity contribution >= 4 is 16.7 Å². The van der Waals surface area contributed by atoms with Crippen LogP contribution in [0.2, 0.25) is 0 Å². The van der Waals surface area contributed by atoms with Gasteiger partial charge in [0.05, 0.1) is 36.4 Å². The first-order valence-electron chi connectivity index (χ1n) is 7.02. The lowest BCUT2D eigenvalue weighted by molar-refractivity contribution is -0.0105. The van der Waals surface area contributed by atoms with Crippen LogP contribution in [0.15, 0.2) is 30.3 Å². The van der Waals surface area contributed by atoms with Gasteiger partial charge in [0.1, 0.15) is 11.9 Å². The maximum absolute atomic E-state index is 9.42. The highest BCUT2D eigenvalue weighted by molar-refractivity contribution is 5.83. The largest absolute Gasteiger partial charge is 0.394 e. The van der Waals surface area contributed by atoms with E-state index in [1.165, 1.54) is 0 Å². The molecule has 0 saturated carbocycles. The third-order valence-electron chi connectivity index (χ3n) is 3.81. The first kappa shape index (κ1) is 13.8. The minimum atomic E-state index is -0.235. The predicted molar refractivity (Wildman–Crippen MR) is 80.1 cm³/mol. The fourth-order valence-electron chi connectivity index (χ4n) is 2.63. The average Bonchev–Trinajstić information content (AvgIpc) is 2.54. The lowest BCUT2D eigenvalue weighted by Crippen LogP contribution is -2.50. The molecule has 2 aromatic rings. The molecule has 3 rings (SSSR count). The van der Waals surface area contributed by atoms with Crippen molar-refractivity contribution in [1.29, 1.82) is 5.26 Å². The molecule has 1 aliphatic heterocycles. The third-order valence-corrected chi connectivity index (χ3v) is 3.81. The number of benzene rings is 1. The number of hydrogen-bond acceptors (Lipinski definition) is 5. The number of rotatable bonds is 2. The molecule has 2 unspecified atom stereocenters. The fourth-order valence-corrected chi connectivity index (χ4v) is 2.63. The van der Waals surface area contributed by atoms with Crippen molar-refractivity contribution in [3.05, 3.63) is 35.9 Å². The summed E-state index contributed by atoms with van der Waals surface area (Å²) in [5.41, 5.74) is 1.42. The molecule has 1 saturated heterocycles. The predicted octanol–water partition coefficient (Wildman–Crippen LogP) is 1.69. The van der Waals surface area contributed by atoms with Gasteiger partial charge < -0.3 is 14.7 Å². The normalized spacial score (nSPS) is 22.2. The van der Waals surface area contributed by atoms with E-state index in [1.807, 2.05) is 37.3 Å². The maximum atomic E-state index is 9.42.